The van der Waals surface area contributed by atoms with Gasteiger partial charge in [-0.25, -0.2) is 0 Å². The molecule has 162 valence electrons. The number of carbonyl (C=O) groups is 2. The molecule has 2 aromatic carbocycles. The molecule has 0 aliphatic heterocycles. The molecule has 3 rings (SSSR count). The Bertz CT molecular complexity index is 1080. The molecular formula is C22H24ClN5O2S. The minimum Gasteiger partial charge on any atom is -0.326 e. The monoisotopic (exact) mass is 457 g/mol. The molecule has 0 unspecified atom stereocenters. The highest BCUT2D eigenvalue weighted by Crippen LogP contribution is 2.21. The van der Waals surface area contributed by atoms with Gasteiger partial charge in [0, 0.05) is 22.9 Å². The molecule has 0 bridgehead atoms. The molecule has 2 amide bonds. The number of aromatic nitrogens is 3. The predicted octanol–water partition coefficient (Wildman–Crippen LogP) is 4.48. The van der Waals surface area contributed by atoms with Gasteiger partial charge in [-0.15, -0.1) is 10.2 Å². The molecule has 0 spiro atoms. The highest BCUT2D eigenvalue weighted by molar-refractivity contribution is 7.99. The SMILES string of the molecule is CCn1c(CC(=O)Nc2ccc(C)cc2)nnc1SCC(=O)Nc1ccc(Cl)cc1C. The van der Waals surface area contributed by atoms with E-state index in [2.05, 4.69) is 20.8 Å². The third-order valence-electron chi connectivity index (χ3n) is 4.56. The van der Waals surface area contributed by atoms with Crippen LogP contribution >= 0.6 is 23.4 Å². The maximum Gasteiger partial charge on any atom is 0.234 e. The van der Waals surface area contributed by atoms with E-state index in [1.54, 1.807) is 18.2 Å². The summed E-state index contributed by atoms with van der Waals surface area (Å²) >= 11 is 7.24. The first-order valence-corrected chi connectivity index (χ1v) is 11.2. The number of benzene rings is 2. The molecule has 7 nitrogen and oxygen atoms in total. The fourth-order valence-electron chi connectivity index (χ4n) is 2.94. The molecule has 1 aromatic heterocycles. The van der Waals surface area contributed by atoms with Crippen molar-refractivity contribution in [3.05, 3.63) is 64.4 Å². The third-order valence-corrected chi connectivity index (χ3v) is 5.76. The maximum atomic E-state index is 12.4. The van der Waals surface area contributed by atoms with Crippen molar-refractivity contribution in [1.29, 1.82) is 0 Å². The van der Waals surface area contributed by atoms with Crippen molar-refractivity contribution < 1.29 is 9.59 Å². The third kappa shape index (κ3) is 6.32. The predicted molar refractivity (Wildman–Crippen MR) is 125 cm³/mol. The average molecular weight is 458 g/mol. The number of nitrogens with one attached hydrogen (secondary N) is 2. The Morgan fingerprint density at radius 3 is 2.45 bits per heavy atom. The number of hydrogen-bond acceptors (Lipinski definition) is 5. The molecule has 0 radical (unpaired) electrons. The Hall–Kier alpha value is -2.84. The number of amides is 2. The maximum absolute atomic E-state index is 12.4. The Labute approximate surface area is 190 Å². The molecule has 1 heterocycles. The van der Waals surface area contributed by atoms with Crippen molar-refractivity contribution in [1.82, 2.24) is 14.8 Å². The van der Waals surface area contributed by atoms with Crippen LogP contribution in [0.1, 0.15) is 23.9 Å². The molecular weight excluding hydrogens is 434 g/mol. The van der Waals surface area contributed by atoms with E-state index in [4.69, 9.17) is 11.6 Å². The second-order valence-electron chi connectivity index (χ2n) is 7.03. The lowest BCUT2D eigenvalue weighted by Gasteiger charge is -2.10. The van der Waals surface area contributed by atoms with Crippen molar-refractivity contribution in [2.45, 2.75) is 38.9 Å². The Morgan fingerprint density at radius 2 is 1.77 bits per heavy atom. The van der Waals surface area contributed by atoms with Gasteiger partial charge in [-0.1, -0.05) is 41.1 Å². The van der Waals surface area contributed by atoms with E-state index in [-0.39, 0.29) is 24.0 Å². The van der Waals surface area contributed by atoms with Crippen LogP contribution in [-0.4, -0.2) is 32.3 Å². The van der Waals surface area contributed by atoms with E-state index in [9.17, 15) is 9.59 Å². The van der Waals surface area contributed by atoms with Crippen LogP contribution in [0.25, 0.3) is 0 Å². The summed E-state index contributed by atoms with van der Waals surface area (Å²) in [4.78, 5) is 24.7. The largest absolute Gasteiger partial charge is 0.326 e. The lowest BCUT2D eigenvalue weighted by molar-refractivity contribution is -0.116. The van der Waals surface area contributed by atoms with E-state index >= 15 is 0 Å². The van der Waals surface area contributed by atoms with Crippen molar-refractivity contribution in [2.75, 3.05) is 16.4 Å². The molecule has 0 aliphatic rings. The van der Waals surface area contributed by atoms with Crippen molar-refractivity contribution in [3.8, 4) is 0 Å². The minimum absolute atomic E-state index is 0.103. The summed E-state index contributed by atoms with van der Waals surface area (Å²) in [6.45, 7) is 6.42. The minimum atomic E-state index is -0.168. The van der Waals surface area contributed by atoms with Crippen LogP contribution in [0.15, 0.2) is 47.6 Å². The summed E-state index contributed by atoms with van der Waals surface area (Å²) in [5, 5.41) is 15.3. The highest BCUT2D eigenvalue weighted by Gasteiger charge is 2.16. The van der Waals surface area contributed by atoms with Gasteiger partial charge in [0.05, 0.1) is 12.2 Å². The quantitative estimate of drug-likeness (QED) is 0.487. The summed E-state index contributed by atoms with van der Waals surface area (Å²) in [7, 11) is 0. The first kappa shape index (κ1) is 22.8. The summed E-state index contributed by atoms with van der Waals surface area (Å²) in [5.74, 6) is 0.414. The lowest BCUT2D eigenvalue weighted by atomic mass is 10.2. The summed E-state index contributed by atoms with van der Waals surface area (Å²) in [6, 6.07) is 12.9. The number of rotatable bonds is 8. The van der Waals surface area contributed by atoms with Crippen LogP contribution in [0.2, 0.25) is 5.02 Å². The normalized spacial score (nSPS) is 10.7. The van der Waals surface area contributed by atoms with E-state index in [1.807, 2.05) is 49.6 Å². The fourth-order valence-corrected chi connectivity index (χ4v) is 3.99. The first-order chi connectivity index (χ1) is 14.9. The second kappa shape index (κ2) is 10.5. The summed E-state index contributed by atoms with van der Waals surface area (Å²) in [6.07, 6.45) is 0.103. The lowest BCUT2D eigenvalue weighted by Crippen LogP contribution is -2.18. The van der Waals surface area contributed by atoms with Gasteiger partial charge in [-0.3, -0.25) is 9.59 Å². The van der Waals surface area contributed by atoms with Crippen LogP contribution in [0, 0.1) is 13.8 Å². The molecule has 0 fully saturated rings. The van der Waals surface area contributed by atoms with Crippen molar-refractivity contribution >= 4 is 46.6 Å². The van der Waals surface area contributed by atoms with Crippen LogP contribution in [0.5, 0.6) is 0 Å². The Kier molecular flexibility index (Phi) is 7.70. The van der Waals surface area contributed by atoms with Gasteiger partial charge in [-0.05, 0) is 56.7 Å². The molecule has 0 aliphatic carbocycles. The zero-order valence-corrected chi connectivity index (χ0v) is 19.2. The van der Waals surface area contributed by atoms with Gasteiger partial charge >= 0.3 is 0 Å². The molecule has 9 heteroatoms. The van der Waals surface area contributed by atoms with Crippen LogP contribution < -0.4 is 10.6 Å². The van der Waals surface area contributed by atoms with Gasteiger partial charge in [-0.2, -0.15) is 0 Å². The number of anilines is 2. The fraction of sp³-hybridized carbons (Fsp3) is 0.273. The van der Waals surface area contributed by atoms with Gasteiger partial charge < -0.3 is 15.2 Å². The standard InChI is InChI=1S/C22H24ClN5O2S/c1-4-28-19(12-20(29)24-17-8-5-14(2)6-9-17)26-27-22(28)31-13-21(30)25-18-10-7-16(23)11-15(18)3/h5-11H,4,12-13H2,1-3H3,(H,24,29)(H,25,30). The van der Waals surface area contributed by atoms with Crippen LogP contribution in [0.3, 0.4) is 0 Å². The van der Waals surface area contributed by atoms with Crippen molar-refractivity contribution in [3.63, 3.8) is 0 Å². The van der Waals surface area contributed by atoms with Gasteiger partial charge in [0.2, 0.25) is 11.8 Å². The summed E-state index contributed by atoms with van der Waals surface area (Å²) in [5.41, 5.74) is 3.48. The van der Waals surface area contributed by atoms with Gasteiger partial charge in [0.15, 0.2) is 5.16 Å². The van der Waals surface area contributed by atoms with Gasteiger partial charge in [0.25, 0.3) is 0 Å². The van der Waals surface area contributed by atoms with E-state index in [1.165, 1.54) is 11.8 Å². The number of halogens is 1. The van der Waals surface area contributed by atoms with E-state index in [0.717, 1.165) is 22.5 Å². The molecule has 0 atom stereocenters. The molecule has 31 heavy (non-hydrogen) atoms. The molecule has 0 saturated carbocycles. The van der Waals surface area contributed by atoms with Crippen LogP contribution in [0.4, 0.5) is 11.4 Å². The second-order valence-corrected chi connectivity index (χ2v) is 8.41. The molecule has 3 aromatic rings. The smallest absolute Gasteiger partial charge is 0.234 e. The first-order valence-electron chi connectivity index (χ1n) is 9.83. The molecule has 0 saturated heterocycles. The van der Waals surface area contributed by atoms with E-state index < -0.39 is 0 Å². The topological polar surface area (TPSA) is 88.9 Å². The van der Waals surface area contributed by atoms with Crippen molar-refractivity contribution in [2.24, 2.45) is 0 Å². The Balaban J connectivity index is 1.58. The number of hydrogen-bond donors (Lipinski definition) is 2. The number of nitrogens with zero attached hydrogens (tertiary/aromatic N) is 3. The Morgan fingerprint density at radius 1 is 1.03 bits per heavy atom. The number of thioether (sulfide) groups is 1. The zero-order chi connectivity index (χ0) is 22.4. The zero-order valence-electron chi connectivity index (χ0n) is 17.6. The highest BCUT2D eigenvalue weighted by atomic mass is 35.5. The number of aryl methyl sites for hydroxylation is 2. The van der Waals surface area contributed by atoms with E-state index in [0.29, 0.717) is 22.5 Å². The van der Waals surface area contributed by atoms with Crippen LogP contribution in [-0.2, 0) is 22.6 Å². The summed E-state index contributed by atoms with van der Waals surface area (Å²) < 4.78 is 1.85. The molecule has 2 N–H and O–H groups in total. The van der Waals surface area contributed by atoms with Gasteiger partial charge in [0.1, 0.15) is 5.82 Å². The number of carbonyl (C=O) groups excluding carboxylic acids is 2. The average Bonchev–Trinajstić information content (AvgIpc) is 3.11.